The Morgan fingerprint density at radius 3 is 2.46 bits per heavy atom. The first-order valence-electron chi connectivity index (χ1n) is 12.0. The van der Waals surface area contributed by atoms with Gasteiger partial charge in [-0.1, -0.05) is 0 Å². The molecule has 1 aliphatic carbocycles. The van der Waals surface area contributed by atoms with E-state index >= 15 is 0 Å². The SMILES string of the molecule is COC(C)(C)CCNC(=O)Nc1cc(-c2ccnc(-c3ccnc(NC(=O)C4CC4)c3)c2)c(F)cc1F. The number of urea groups is 1. The van der Waals surface area contributed by atoms with Crippen LogP contribution in [0.3, 0.4) is 0 Å². The third kappa shape index (κ3) is 6.85. The van der Waals surface area contributed by atoms with Crippen LogP contribution in [0.2, 0.25) is 0 Å². The maximum atomic E-state index is 14.8. The molecule has 0 unspecified atom stereocenters. The van der Waals surface area contributed by atoms with Crippen LogP contribution in [-0.2, 0) is 9.53 Å². The molecule has 3 aromatic rings. The van der Waals surface area contributed by atoms with Crippen LogP contribution in [0.15, 0.2) is 48.8 Å². The van der Waals surface area contributed by atoms with E-state index < -0.39 is 23.3 Å². The van der Waals surface area contributed by atoms with Crippen molar-refractivity contribution in [2.45, 2.75) is 38.7 Å². The average Bonchev–Trinajstić information content (AvgIpc) is 3.72. The molecule has 3 amide bonds. The largest absolute Gasteiger partial charge is 0.379 e. The predicted octanol–water partition coefficient (Wildman–Crippen LogP) is 5.37. The molecule has 194 valence electrons. The molecule has 10 heteroatoms. The van der Waals surface area contributed by atoms with E-state index in [9.17, 15) is 18.4 Å². The summed E-state index contributed by atoms with van der Waals surface area (Å²) < 4.78 is 34.6. The summed E-state index contributed by atoms with van der Waals surface area (Å²) in [6.45, 7) is 4.09. The Labute approximate surface area is 213 Å². The number of methoxy groups -OCH3 is 1. The second kappa shape index (κ2) is 11.0. The summed E-state index contributed by atoms with van der Waals surface area (Å²) in [5, 5.41) is 7.88. The van der Waals surface area contributed by atoms with Gasteiger partial charge in [-0.05, 0) is 69.0 Å². The zero-order valence-electron chi connectivity index (χ0n) is 20.9. The van der Waals surface area contributed by atoms with Gasteiger partial charge in [-0.15, -0.1) is 0 Å². The summed E-state index contributed by atoms with van der Waals surface area (Å²) in [4.78, 5) is 32.9. The molecule has 0 atom stereocenters. The van der Waals surface area contributed by atoms with Gasteiger partial charge in [0, 0.05) is 49.2 Å². The number of pyridine rings is 2. The Morgan fingerprint density at radius 2 is 1.73 bits per heavy atom. The Morgan fingerprint density at radius 1 is 1.00 bits per heavy atom. The number of rotatable bonds is 9. The van der Waals surface area contributed by atoms with Crippen LogP contribution in [-0.4, -0.2) is 41.2 Å². The van der Waals surface area contributed by atoms with E-state index in [0.717, 1.165) is 18.9 Å². The molecule has 1 aliphatic rings. The molecule has 0 bridgehead atoms. The summed E-state index contributed by atoms with van der Waals surface area (Å²) in [5.74, 6) is -1.30. The highest BCUT2D eigenvalue weighted by Crippen LogP contribution is 2.32. The number of halogens is 2. The van der Waals surface area contributed by atoms with Gasteiger partial charge in [-0.25, -0.2) is 18.6 Å². The molecule has 0 saturated heterocycles. The van der Waals surface area contributed by atoms with Crippen LogP contribution in [0, 0.1) is 17.6 Å². The fraction of sp³-hybridized carbons (Fsp3) is 0.333. The molecule has 0 aliphatic heterocycles. The van der Waals surface area contributed by atoms with Crippen LogP contribution in [0.1, 0.15) is 33.1 Å². The number of aromatic nitrogens is 2. The molecule has 3 N–H and O–H groups in total. The number of carbonyl (C=O) groups is 2. The highest BCUT2D eigenvalue weighted by Gasteiger charge is 2.29. The predicted molar refractivity (Wildman–Crippen MR) is 137 cm³/mol. The van der Waals surface area contributed by atoms with Crippen molar-refractivity contribution in [2.24, 2.45) is 5.92 Å². The van der Waals surface area contributed by atoms with Crippen molar-refractivity contribution in [2.75, 3.05) is 24.3 Å². The molecular weight excluding hydrogens is 480 g/mol. The monoisotopic (exact) mass is 509 g/mol. The van der Waals surface area contributed by atoms with Crippen molar-refractivity contribution in [1.29, 1.82) is 0 Å². The first-order chi connectivity index (χ1) is 17.6. The molecule has 2 aromatic heterocycles. The van der Waals surface area contributed by atoms with Gasteiger partial charge in [0.2, 0.25) is 5.91 Å². The highest BCUT2D eigenvalue weighted by atomic mass is 19.1. The zero-order valence-corrected chi connectivity index (χ0v) is 20.9. The third-order valence-corrected chi connectivity index (χ3v) is 6.20. The summed E-state index contributed by atoms with van der Waals surface area (Å²) >= 11 is 0. The summed E-state index contributed by atoms with van der Waals surface area (Å²) in [6.07, 6.45) is 5.37. The molecule has 1 fully saturated rings. The minimum atomic E-state index is -0.895. The summed E-state index contributed by atoms with van der Waals surface area (Å²) in [7, 11) is 1.58. The van der Waals surface area contributed by atoms with E-state index in [1.807, 2.05) is 13.8 Å². The van der Waals surface area contributed by atoms with Gasteiger partial charge < -0.3 is 20.7 Å². The molecule has 2 heterocycles. The number of benzene rings is 1. The van der Waals surface area contributed by atoms with Crippen LogP contribution < -0.4 is 16.0 Å². The summed E-state index contributed by atoms with van der Waals surface area (Å²) in [5.41, 5.74) is 1.14. The van der Waals surface area contributed by atoms with Crippen molar-refractivity contribution >= 4 is 23.4 Å². The van der Waals surface area contributed by atoms with E-state index in [2.05, 4.69) is 25.9 Å². The van der Waals surface area contributed by atoms with Crippen LogP contribution in [0.25, 0.3) is 22.4 Å². The lowest BCUT2D eigenvalue weighted by molar-refractivity contribution is -0.117. The van der Waals surface area contributed by atoms with E-state index in [4.69, 9.17) is 4.74 Å². The maximum absolute atomic E-state index is 14.8. The minimum Gasteiger partial charge on any atom is -0.379 e. The molecule has 4 rings (SSSR count). The van der Waals surface area contributed by atoms with Crippen molar-refractivity contribution in [3.05, 3.63) is 60.4 Å². The van der Waals surface area contributed by atoms with Crippen molar-refractivity contribution < 1.29 is 23.1 Å². The summed E-state index contributed by atoms with van der Waals surface area (Å²) in [6, 6.07) is 8.02. The number of hydrogen-bond donors (Lipinski definition) is 3. The Hall–Kier alpha value is -3.92. The van der Waals surface area contributed by atoms with E-state index in [1.54, 1.807) is 37.6 Å². The van der Waals surface area contributed by atoms with E-state index in [1.165, 1.54) is 12.3 Å². The van der Waals surface area contributed by atoms with Gasteiger partial charge in [0.05, 0.1) is 17.0 Å². The van der Waals surface area contributed by atoms with Crippen LogP contribution in [0.4, 0.5) is 25.1 Å². The lowest BCUT2D eigenvalue weighted by Gasteiger charge is -2.22. The first-order valence-corrected chi connectivity index (χ1v) is 12.0. The number of nitrogens with one attached hydrogen (secondary N) is 3. The Balaban J connectivity index is 1.52. The molecule has 37 heavy (non-hydrogen) atoms. The number of hydrogen-bond acceptors (Lipinski definition) is 5. The Kier molecular flexibility index (Phi) is 7.77. The van der Waals surface area contributed by atoms with Gasteiger partial charge >= 0.3 is 6.03 Å². The number of amides is 3. The molecule has 1 aromatic carbocycles. The van der Waals surface area contributed by atoms with Gasteiger partial charge in [-0.3, -0.25) is 9.78 Å². The molecule has 8 nitrogen and oxygen atoms in total. The number of ether oxygens (including phenoxy) is 1. The molecular formula is C27H29F2N5O3. The second-order valence-electron chi connectivity index (χ2n) is 9.53. The molecule has 0 radical (unpaired) electrons. The molecule has 0 spiro atoms. The third-order valence-electron chi connectivity index (χ3n) is 6.20. The zero-order chi connectivity index (χ0) is 26.6. The van der Waals surface area contributed by atoms with Crippen molar-refractivity contribution in [1.82, 2.24) is 15.3 Å². The smallest absolute Gasteiger partial charge is 0.319 e. The lowest BCUT2D eigenvalue weighted by atomic mass is 10.0. The number of carbonyl (C=O) groups excluding carboxylic acids is 2. The first kappa shape index (κ1) is 26.2. The standard InChI is InChI=1S/C27H29F2N5O3/c1-27(2,37-3)8-11-32-26(36)33-23-14-19(20(28)15-21(23)29)17-6-9-30-22(12-17)18-7-10-31-24(13-18)34-25(35)16-4-5-16/h6-7,9-10,12-16H,4-5,8,11H2,1-3H3,(H,31,34,35)(H2,32,33,36). The maximum Gasteiger partial charge on any atom is 0.319 e. The number of nitrogens with zero attached hydrogens (tertiary/aromatic N) is 2. The van der Waals surface area contributed by atoms with Gasteiger partial charge in [0.1, 0.15) is 17.5 Å². The fourth-order valence-corrected chi connectivity index (χ4v) is 3.60. The second-order valence-corrected chi connectivity index (χ2v) is 9.53. The fourth-order valence-electron chi connectivity index (χ4n) is 3.60. The topological polar surface area (TPSA) is 105 Å². The minimum absolute atomic E-state index is 0.0375. The van der Waals surface area contributed by atoms with E-state index in [-0.39, 0.29) is 23.1 Å². The van der Waals surface area contributed by atoms with Gasteiger partial charge in [-0.2, -0.15) is 0 Å². The molecule has 1 saturated carbocycles. The van der Waals surface area contributed by atoms with Gasteiger partial charge in [0.25, 0.3) is 0 Å². The number of anilines is 2. The normalized spacial score (nSPS) is 13.2. The average molecular weight is 510 g/mol. The van der Waals surface area contributed by atoms with Crippen molar-refractivity contribution in [3.8, 4) is 22.4 Å². The Bertz CT molecular complexity index is 1310. The van der Waals surface area contributed by atoms with Crippen LogP contribution >= 0.6 is 0 Å². The van der Waals surface area contributed by atoms with Crippen LogP contribution in [0.5, 0.6) is 0 Å². The lowest BCUT2D eigenvalue weighted by Crippen LogP contribution is -2.34. The van der Waals surface area contributed by atoms with Gasteiger partial charge in [0.15, 0.2) is 0 Å². The highest BCUT2D eigenvalue weighted by molar-refractivity contribution is 5.93. The van der Waals surface area contributed by atoms with E-state index in [0.29, 0.717) is 35.6 Å². The quantitative estimate of drug-likeness (QED) is 0.360. The van der Waals surface area contributed by atoms with Crippen molar-refractivity contribution in [3.63, 3.8) is 0 Å².